The molecular weight excluding hydrogens is 218 g/mol. The molecule has 14 heavy (non-hydrogen) atoms. The van der Waals surface area contributed by atoms with Gasteiger partial charge in [0.05, 0.1) is 0 Å². The molecule has 0 aromatic carbocycles. The van der Waals surface area contributed by atoms with Gasteiger partial charge in [-0.3, -0.25) is 4.79 Å². The van der Waals surface area contributed by atoms with E-state index in [1.165, 1.54) is 11.3 Å². The van der Waals surface area contributed by atoms with Crippen molar-refractivity contribution in [1.82, 2.24) is 9.88 Å². The number of carbonyl (C=O) groups excluding carboxylic acids is 1. The SMILES string of the molecule is C=CCn1c(N)c(C(=O)NC)sc1=S. The number of amides is 1. The molecule has 1 heterocycles. The van der Waals surface area contributed by atoms with E-state index in [2.05, 4.69) is 11.9 Å². The zero-order valence-electron chi connectivity index (χ0n) is 7.74. The summed E-state index contributed by atoms with van der Waals surface area (Å²) >= 11 is 6.27. The van der Waals surface area contributed by atoms with Crippen molar-refractivity contribution >= 4 is 35.3 Å². The second kappa shape index (κ2) is 4.39. The summed E-state index contributed by atoms with van der Waals surface area (Å²) in [5.74, 6) is 0.195. The van der Waals surface area contributed by atoms with Gasteiger partial charge in [-0.25, -0.2) is 0 Å². The lowest BCUT2D eigenvalue weighted by atomic mass is 10.4. The zero-order valence-corrected chi connectivity index (χ0v) is 9.37. The minimum atomic E-state index is -0.207. The molecule has 0 radical (unpaired) electrons. The zero-order chi connectivity index (χ0) is 10.7. The highest BCUT2D eigenvalue weighted by molar-refractivity contribution is 7.73. The van der Waals surface area contributed by atoms with E-state index in [1.54, 1.807) is 17.7 Å². The number of nitrogen functional groups attached to an aromatic ring is 1. The van der Waals surface area contributed by atoms with Crippen LogP contribution in [0.25, 0.3) is 0 Å². The Kier molecular flexibility index (Phi) is 3.43. The van der Waals surface area contributed by atoms with Gasteiger partial charge in [0.25, 0.3) is 5.91 Å². The van der Waals surface area contributed by atoms with E-state index in [0.717, 1.165) is 0 Å². The molecule has 0 aliphatic carbocycles. The summed E-state index contributed by atoms with van der Waals surface area (Å²) in [4.78, 5) is 11.8. The van der Waals surface area contributed by atoms with Crippen molar-refractivity contribution in [1.29, 1.82) is 0 Å². The van der Waals surface area contributed by atoms with Crippen LogP contribution in [-0.2, 0) is 6.54 Å². The van der Waals surface area contributed by atoms with Gasteiger partial charge in [0.15, 0.2) is 3.95 Å². The average molecular weight is 229 g/mol. The van der Waals surface area contributed by atoms with Gasteiger partial charge in [-0.2, -0.15) is 0 Å². The molecule has 0 bridgehead atoms. The second-order valence-electron chi connectivity index (χ2n) is 2.56. The van der Waals surface area contributed by atoms with Crippen molar-refractivity contribution in [2.75, 3.05) is 12.8 Å². The number of hydrogen-bond donors (Lipinski definition) is 2. The quantitative estimate of drug-likeness (QED) is 0.608. The first-order chi connectivity index (χ1) is 6.61. The number of rotatable bonds is 3. The molecule has 76 valence electrons. The number of anilines is 1. The summed E-state index contributed by atoms with van der Waals surface area (Å²) in [6.45, 7) is 4.12. The molecule has 1 amide bonds. The fourth-order valence-electron chi connectivity index (χ4n) is 0.994. The van der Waals surface area contributed by atoms with E-state index in [0.29, 0.717) is 21.2 Å². The lowest BCUT2D eigenvalue weighted by molar-refractivity contribution is 0.0967. The summed E-state index contributed by atoms with van der Waals surface area (Å²) in [5, 5.41) is 2.51. The van der Waals surface area contributed by atoms with Crippen molar-refractivity contribution in [3.8, 4) is 0 Å². The van der Waals surface area contributed by atoms with Gasteiger partial charge in [0, 0.05) is 13.6 Å². The molecule has 4 nitrogen and oxygen atoms in total. The fourth-order valence-corrected chi connectivity index (χ4v) is 2.28. The number of nitrogens with two attached hydrogens (primary N) is 1. The van der Waals surface area contributed by atoms with E-state index >= 15 is 0 Å². The van der Waals surface area contributed by atoms with Gasteiger partial charge >= 0.3 is 0 Å². The molecule has 0 fully saturated rings. The summed E-state index contributed by atoms with van der Waals surface area (Å²) in [6, 6.07) is 0. The minimum Gasteiger partial charge on any atom is -0.384 e. The molecule has 6 heteroatoms. The molecule has 0 saturated heterocycles. The van der Waals surface area contributed by atoms with Gasteiger partial charge in [-0.05, 0) is 12.2 Å². The van der Waals surface area contributed by atoms with Crippen LogP contribution in [0.4, 0.5) is 5.82 Å². The Morgan fingerprint density at radius 1 is 1.86 bits per heavy atom. The van der Waals surface area contributed by atoms with Gasteiger partial charge in [-0.15, -0.1) is 6.58 Å². The van der Waals surface area contributed by atoms with Crippen LogP contribution in [0, 0.1) is 3.95 Å². The number of hydrogen-bond acceptors (Lipinski definition) is 4. The third-order valence-electron chi connectivity index (χ3n) is 1.68. The van der Waals surface area contributed by atoms with Gasteiger partial charge in [-0.1, -0.05) is 17.4 Å². The standard InChI is InChI=1S/C8H11N3OS2/c1-3-4-11-6(9)5(7(12)10-2)14-8(11)13/h3H,1,4,9H2,2H3,(H,10,12). The predicted molar refractivity (Wildman–Crippen MR) is 61.1 cm³/mol. The number of nitrogens with zero attached hydrogens (tertiary/aromatic N) is 1. The topological polar surface area (TPSA) is 60.0 Å². The third kappa shape index (κ3) is 1.85. The van der Waals surface area contributed by atoms with Crippen LogP contribution in [0.2, 0.25) is 0 Å². The van der Waals surface area contributed by atoms with Crippen molar-refractivity contribution < 1.29 is 4.79 Å². The molecule has 3 N–H and O–H groups in total. The van der Waals surface area contributed by atoms with Crippen molar-refractivity contribution in [2.45, 2.75) is 6.54 Å². The van der Waals surface area contributed by atoms with E-state index in [1.807, 2.05) is 0 Å². The Bertz CT molecular complexity index is 419. The summed E-state index contributed by atoms with van der Waals surface area (Å²) < 4.78 is 2.26. The molecule has 1 aromatic rings. The van der Waals surface area contributed by atoms with Crippen LogP contribution < -0.4 is 11.1 Å². The van der Waals surface area contributed by atoms with Crippen LogP contribution >= 0.6 is 23.6 Å². The van der Waals surface area contributed by atoms with E-state index in [4.69, 9.17) is 18.0 Å². The normalized spacial score (nSPS) is 9.79. The summed E-state index contributed by atoms with van der Waals surface area (Å²) in [7, 11) is 1.56. The van der Waals surface area contributed by atoms with E-state index in [-0.39, 0.29) is 5.91 Å². The maximum absolute atomic E-state index is 11.3. The van der Waals surface area contributed by atoms with Crippen LogP contribution in [0.3, 0.4) is 0 Å². The summed E-state index contributed by atoms with van der Waals surface area (Å²) in [5.41, 5.74) is 5.76. The first-order valence-corrected chi connectivity index (χ1v) is 5.16. The number of nitrogens with one attached hydrogen (secondary N) is 1. The Labute approximate surface area is 91.0 Å². The lowest BCUT2D eigenvalue weighted by Crippen LogP contribution is -2.18. The van der Waals surface area contributed by atoms with Crippen LogP contribution in [0.15, 0.2) is 12.7 Å². The maximum atomic E-state index is 11.3. The van der Waals surface area contributed by atoms with E-state index in [9.17, 15) is 4.79 Å². The van der Waals surface area contributed by atoms with Gasteiger partial charge < -0.3 is 15.6 Å². The maximum Gasteiger partial charge on any atom is 0.264 e. The van der Waals surface area contributed by atoms with Gasteiger partial charge in [0.2, 0.25) is 0 Å². The predicted octanol–water partition coefficient (Wildman–Crippen LogP) is 1.41. The number of allylic oxidation sites excluding steroid dienone is 1. The monoisotopic (exact) mass is 229 g/mol. The highest BCUT2D eigenvalue weighted by Crippen LogP contribution is 2.21. The summed E-state index contributed by atoms with van der Waals surface area (Å²) in [6.07, 6.45) is 1.69. The molecule has 0 unspecified atom stereocenters. The van der Waals surface area contributed by atoms with E-state index < -0.39 is 0 Å². The molecule has 0 aliphatic heterocycles. The molecule has 0 atom stereocenters. The Hall–Kier alpha value is -1.14. The number of carbonyl (C=O) groups is 1. The molecule has 0 spiro atoms. The first kappa shape index (κ1) is 10.9. The molecule has 0 saturated carbocycles. The Morgan fingerprint density at radius 2 is 2.50 bits per heavy atom. The number of thiazole rings is 1. The largest absolute Gasteiger partial charge is 0.384 e. The lowest BCUT2D eigenvalue weighted by Gasteiger charge is -2.01. The number of aromatic nitrogens is 1. The molecule has 1 rings (SSSR count). The fraction of sp³-hybridized carbons (Fsp3) is 0.250. The average Bonchev–Trinajstić information content (AvgIpc) is 2.45. The third-order valence-corrected chi connectivity index (χ3v) is 3.14. The minimum absolute atomic E-state index is 0.207. The van der Waals surface area contributed by atoms with Crippen LogP contribution in [0.1, 0.15) is 9.67 Å². The second-order valence-corrected chi connectivity index (χ2v) is 4.20. The van der Waals surface area contributed by atoms with Gasteiger partial charge in [0.1, 0.15) is 10.7 Å². The highest BCUT2D eigenvalue weighted by Gasteiger charge is 2.14. The van der Waals surface area contributed by atoms with Crippen molar-refractivity contribution in [3.05, 3.63) is 21.5 Å². The Morgan fingerprint density at radius 3 is 3.00 bits per heavy atom. The van der Waals surface area contributed by atoms with Crippen LogP contribution in [-0.4, -0.2) is 17.5 Å². The Balaban J connectivity index is 3.23. The molecule has 1 aromatic heterocycles. The highest BCUT2D eigenvalue weighted by atomic mass is 32.1. The first-order valence-electron chi connectivity index (χ1n) is 3.94. The van der Waals surface area contributed by atoms with Crippen molar-refractivity contribution in [2.24, 2.45) is 0 Å². The van der Waals surface area contributed by atoms with Crippen LogP contribution in [0.5, 0.6) is 0 Å². The molecule has 0 aliphatic rings. The van der Waals surface area contributed by atoms with Crippen molar-refractivity contribution in [3.63, 3.8) is 0 Å². The smallest absolute Gasteiger partial charge is 0.264 e. The molecular formula is C8H11N3OS2.